The molecule has 0 heterocycles. The Morgan fingerprint density at radius 2 is 1.85 bits per heavy atom. The van der Waals surface area contributed by atoms with Gasteiger partial charge in [-0.1, -0.05) is 23.7 Å². The largest absolute Gasteiger partial charge is 0.508 e. The lowest BCUT2D eigenvalue weighted by Gasteiger charge is -2.10. The fraction of sp³-hybridized carbons (Fsp3) is 0.133. The molecular weight excluding hydrogens is 274 g/mol. The number of phenolic OH excluding ortho intramolecular Hbond substituents is 1. The van der Waals surface area contributed by atoms with Crippen LogP contribution >= 0.6 is 11.6 Å². The first kappa shape index (κ1) is 14.2. The number of guanidine groups is 1. The van der Waals surface area contributed by atoms with E-state index in [0.29, 0.717) is 10.7 Å². The minimum absolute atomic E-state index is 0.154. The lowest BCUT2D eigenvalue weighted by molar-refractivity contribution is 0.475. The van der Waals surface area contributed by atoms with E-state index in [1.807, 2.05) is 26.0 Å². The molecule has 104 valence electrons. The standard InChI is InChI=1S/C15H16ClN3O/c1-9-3-5-11(16)7-13(9)18-15(17)19-14-8-12(20)6-4-10(14)2/h3-8,20H,1-2H3,(H3,17,18,19). The third-order valence-corrected chi connectivity index (χ3v) is 3.13. The molecule has 20 heavy (non-hydrogen) atoms. The van der Waals surface area contributed by atoms with Crippen molar-refractivity contribution in [1.29, 1.82) is 0 Å². The van der Waals surface area contributed by atoms with Gasteiger partial charge in [0.2, 0.25) is 0 Å². The molecule has 0 saturated heterocycles. The average Bonchev–Trinajstić information content (AvgIpc) is 2.38. The van der Waals surface area contributed by atoms with Gasteiger partial charge in [0.1, 0.15) is 5.75 Å². The first-order chi connectivity index (χ1) is 9.45. The van der Waals surface area contributed by atoms with E-state index in [4.69, 9.17) is 17.3 Å². The van der Waals surface area contributed by atoms with E-state index in [0.717, 1.165) is 16.8 Å². The number of nitrogens with zero attached hydrogens (tertiary/aromatic N) is 1. The van der Waals surface area contributed by atoms with Crippen molar-refractivity contribution in [2.75, 3.05) is 5.32 Å². The number of hydrogen-bond donors (Lipinski definition) is 3. The van der Waals surface area contributed by atoms with Crippen LogP contribution in [0, 0.1) is 13.8 Å². The summed E-state index contributed by atoms with van der Waals surface area (Å²) in [5, 5.41) is 13.1. The summed E-state index contributed by atoms with van der Waals surface area (Å²) < 4.78 is 0. The number of hydrogen-bond acceptors (Lipinski definition) is 2. The van der Waals surface area contributed by atoms with Crippen LogP contribution in [0.3, 0.4) is 0 Å². The molecule has 0 radical (unpaired) electrons. The van der Waals surface area contributed by atoms with Crippen molar-refractivity contribution in [1.82, 2.24) is 0 Å². The van der Waals surface area contributed by atoms with Gasteiger partial charge in [-0.3, -0.25) is 0 Å². The Hall–Kier alpha value is -2.20. The highest BCUT2D eigenvalue weighted by molar-refractivity contribution is 6.31. The number of halogens is 1. The Bertz CT molecular complexity index is 668. The molecule has 5 heteroatoms. The van der Waals surface area contributed by atoms with E-state index in [1.54, 1.807) is 24.3 Å². The van der Waals surface area contributed by atoms with Gasteiger partial charge in [-0.15, -0.1) is 0 Å². The van der Waals surface area contributed by atoms with Crippen LogP contribution in [0.5, 0.6) is 5.75 Å². The molecule has 4 N–H and O–H groups in total. The minimum atomic E-state index is 0.154. The average molecular weight is 290 g/mol. The van der Waals surface area contributed by atoms with Gasteiger partial charge < -0.3 is 16.2 Å². The van der Waals surface area contributed by atoms with E-state index < -0.39 is 0 Å². The van der Waals surface area contributed by atoms with Gasteiger partial charge in [0.05, 0.1) is 5.69 Å². The number of benzene rings is 2. The van der Waals surface area contributed by atoms with Gasteiger partial charge in [0.25, 0.3) is 0 Å². The maximum absolute atomic E-state index is 9.47. The molecule has 0 aliphatic heterocycles. The van der Waals surface area contributed by atoms with Crippen LogP contribution in [0.1, 0.15) is 11.1 Å². The normalized spacial score (nSPS) is 11.4. The molecule has 0 aliphatic rings. The van der Waals surface area contributed by atoms with Crippen molar-refractivity contribution >= 4 is 28.9 Å². The lowest BCUT2D eigenvalue weighted by atomic mass is 10.2. The SMILES string of the molecule is Cc1ccc(O)cc1N=C(N)Nc1cc(Cl)ccc1C. The third kappa shape index (κ3) is 3.42. The Labute approximate surface area is 122 Å². The topological polar surface area (TPSA) is 70.6 Å². The van der Waals surface area contributed by atoms with Crippen molar-refractivity contribution in [3.8, 4) is 5.75 Å². The van der Waals surface area contributed by atoms with Crippen LogP contribution in [-0.4, -0.2) is 11.1 Å². The van der Waals surface area contributed by atoms with Crippen molar-refractivity contribution in [2.24, 2.45) is 10.7 Å². The Kier molecular flexibility index (Phi) is 4.15. The number of aromatic hydroxyl groups is 1. The fourth-order valence-electron chi connectivity index (χ4n) is 1.74. The molecule has 0 atom stereocenters. The van der Waals surface area contributed by atoms with Crippen LogP contribution < -0.4 is 11.1 Å². The van der Waals surface area contributed by atoms with Crippen molar-refractivity contribution in [3.63, 3.8) is 0 Å². The molecule has 2 rings (SSSR count). The van der Waals surface area contributed by atoms with E-state index >= 15 is 0 Å². The van der Waals surface area contributed by atoms with Crippen LogP contribution in [0.4, 0.5) is 11.4 Å². The van der Waals surface area contributed by atoms with E-state index in [2.05, 4.69) is 10.3 Å². The zero-order valence-electron chi connectivity index (χ0n) is 11.3. The summed E-state index contributed by atoms with van der Waals surface area (Å²) in [6.45, 7) is 3.85. The molecule has 0 fully saturated rings. The summed E-state index contributed by atoms with van der Waals surface area (Å²) in [4.78, 5) is 4.27. The molecule has 0 aromatic heterocycles. The zero-order chi connectivity index (χ0) is 14.7. The summed E-state index contributed by atoms with van der Waals surface area (Å²) in [5.74, 6) is 0.394. The van der Waals surface area contributed by atoms with Gasteiger partial charge in [0.15, 0.2) is 5.96 Å². The second kappa shape index (κ2) is 5.84. The predicted octanol–water partition coefficient (Wildman–Crippen LogP) is 3.72. The first-order valence-corrected chi connectivity index (χ1v) is 6.50. The second-order valence-electron chi connectivity index (χ2n) is 4.55. The van der Waals surface area contributed by atoms with Gasteiger partial charge >= 0.3 is 0 Å². The molecule has 2 aromatic rings. The summed E-state index contributed by atoms with van der Waals surface area (Å²) in [7, 11) is 0. The molecule has 0 unspecified atom stereocenters. The Balaban J connectivity index is 2.27. The number of phenols is 1. The maximum Gasteiger partial charge on any atom is 0.198 e. The van der Waals surface area contributed by atoms with E-state index in [9.17, 15) is 5.11 Å². The molecule has 0 saturated carbocycles. The van der Waals surface area contributed by atoms with Crippen molar-refractivity contribution in [3.05, 3.63) is 52.5 Å². The number of aryl methyl sites for hydroxylation is 2. The molecule has 4 nitrogen and oxygen atoms in total. The first-order valence-electron chi connectivity index (χ1n) is 6.12. The molecular formula is C15H16ClN3O. The lowest BCUT2D eigenvalue weighted by Crippen LogP contribution is -2.22. The minimum Gasteiger partial charge on any atom is -0.508 e. The Morgan fingerprint density at radius 3 is 2.60 bits per heavy atom. The summed E-state index contributed by atoms with van der Waals surface area (Å²) in [6, 6.07) is 10.5. The summed E-state index contributed by atoms with van der Waals surface area (Å²) >= 11 is 5.95. The highest BCUT2D eigenvalue weighted by Crippen LogP contribution is 2.24. The van der Waals surface area contributed by atoms with E-state index in [-0.39, 0.29) is 11.7 Å². The molecule has 0 bridgehead atoms. The van der Waals surface area contributed by atoms with Crippen LogP contribution in [0.2, 0.25) is 5.02 Å². The summed E-state index contributed by atoms with van der Waals surface area (Å²) in [5.41, 5.74) is 9.25. The summed E-state index contributed by atoms with van der Waals surface area (Å²) in [6.07, 6.45) is 0. The van der Waals surface area contributed by atoms with Crippen molar-refractivity contribution in [2.45, 2.75) is 13.8 Å². The van der Waals surface area contributed by atoms with Crippen LogP contribution in [0.25, 0.3) is 0 Å². The van der Waals surface area contributed by atoms with Gasteiger partial charge in [-0.25, -0.2) is 4.99 Å². The highest BCUT2D eigenvalue weighted by atomic mass is 35.5. The van der Waals surface area contributed by atoms with Gasteiger partial charge in [-0.05, 0) is 43.2 Å². The van der Waals surface area contributed by atoms with Gasteiger partial charge in [0, 0.05) is 16.8 Å². The highest BCUT2D eigenvalue weighted by Gasteiger charge is 2.03. The monoisotopic (exact) mass is 289 g/mol. The number of nitrogens with two attached hydrogens (primary N) is 1. The Morgan fingerprint density at radius 1 is 1.15 bits per heavy atom. The van der Waals surface area contributed by atoms with Gasteiger partial charge in [-0.2, -0.15) is 0 Å². The number of nitrogens with one attached hydrogen (secondary N) is 1. The van der Waals surface area contributed by atoms with E-state index in [1.165, 1.54) is 0 Å². The second-order valence-corrected chi connectivity index (χ2v) is 4.99. The van der Waals surface area contributed by atoms with Crippen LogP contribution in [-0.2, 0) is 0 Å². The third-order valence-electron chi connectivity index (χ3n) is 2.90. The van der Waals surface area contributed by atoms with Crippen molar-refractivity contribution < 1.29 is 5.11 Å². The zero-order valence-corrected chi connectivity index (χ0v) is 12.1. The molecule has 0 spiro atoms. The predicted molar refractivity (Wildman–Crippen MR) is 83.9 cm³/mol. The quantitative estimate of drug-likeness (QED) is 0.583. The molecule has 0 aliphatic carbocycles. The molecule has 0 amide bonds. The van der Waals surface area contributed by atoms with Crippen LogP contribution in [0.15, 0.2) is 41.4 Å². The number of anilines is 1. The fourth-order valence-corrected chi connectivity index (χ4v) is 1.91. The number of aliphatic imine (C=N–C) groups is 1. The smallest absolute Gasteiger partial charge is 0.198 e. The maximum atomic E-state index is 9.47. The number of rotatable bonds is 2. The molecule has 2 aromatic carbocycles.